The summed E-state index contributed by atoms with van der Waals surface area (Å²) in [5.41, 5.74) is 8.17. The number of para-hydroxylation sites is 2. The average molecular weight is 381 g/mol. The number of ether oxygens (including phenoxy) is 3. The van der Waals surface area contributed by atoms with Gasteiger partial charge in [-0.05, 0) is 12.1 Å². The van der Waals surface area contributed by atoms with E-state index >= 15 is 0 Å². The van der Waals surface area contributed by atoms with Crippen LogP contribution in [0, 0.1) is 0 Å². The van der Waals surface area contributed by atoms with Gasteiger partial charge < -0.3 is 30.2 Å². The van der Waals surface area contributed by atoms with Crippen LogP contribution < -0.4 is 25.3 Å². The van der Waals surface area contributed by atoms with Crippen molar-refractivity contribution in [2.24, 2.45) is 0 Å². The third-order valence-corrected chi connectivity index (χ3v) is 4.12. The molecule has 2 aromatic heterocycles. The van der Waals surface area contributed by atoms with Crippen molar-refractivity contribution in [3.05, 3.63) is 36.4 Å². The third kappa shape index (κ3) is 3.00. The lowest BCUT2D eigenvalue weighted by Crippen LogP contribution is -2.05. The molecule has 0 saturated heterocycles. The molecule has 10 nitrogen and oxygen atoms in total. The van der Waals surface area contributed by atoms with E-state index < -0.39 is 0 Å². The van der Waals surface area contributed by atoms with E-state index in [1.54, 1.807) is 33.5 Å². The number of hydrogen-bond acceptors (Lipinski definition) is 8. The van der Waals surface area contributed by atoms with Crippen molar-refractivity contribution in [1.82, 2.24) is 24.7 Å². The Balaban J connectivity index is 1.75. The van der Waals surface area contributed by atoms with E-state index in [9.17, 15) is 0 Å². The molecule has 0 fully saturated rings. The fraction of sp³-hybridized carbons (Fsp3) is 0.167. The molecule has 2 aromatic carbocycles. The SMILES string of the molecule is COc1cc(Nc2nc(N)nn2-c2nc3ccccc3[nH]2)cc(OC)c1OC. The second kappa shape index (κ2) is 6.99. The number of aromatic nitrogens is 5. The summed E-state index contributed by atoms with van der Waals surface area (Å²) in [4.78, 5) is 12.0. The van der Waals surface area contributed by atoms with Crippen LogP contribution in [0.1, 0.15) is 0 Å². The van der Waals surface area contributed by atoms with Crippen LogP contribution in [0.4, 0.5) is 17.6 Å². The number of nitrogens with one attached hydrogen (secondary N) is 2. The first-order valence-corrected chi connectivity index (χ1v) is 8.37. The highest BCUT2D eigenvalue weighted by Gasteiger charge is 2.17. The molecule has 4 rings (SSSR count). The highest BCUT2D eigenvalue weighted by Crippen LogP contribution is 2.40. The molecule has 0 aliphatic carbocycles. The normalized spacial score (nSPS) is 10.8. The number of aromatic amines is 1. The Morgan fingerprint density at radius 2 is 1.71 bits per heavy atom. The largest absolute Gasteiger partial charge is 0.493 e. The molecule has 10 heteroatoms. The molecular formula is C18H19N7O3. The van der Waals surface area contributed by atoms with Crippen LogP contribution in [0.15, 0.2) is 36.4 Å². The maximum atomic E-state index is 5.83. The number of rotatable bonds is 6. The molecule has 0 saturated carbocycles. The first-order chi connectivity index (χ1) is 13.6. The lowest BCUT2D eigenvalue weighted by Gasteiger charge is -2.14. The minimum Gasteiger partial charge on any atom is -0.493 e. The molecule has 0 amide bonds. The van der Waals surface area contributed by atoms with Gasteiger partial charge in [-0.2, -0.15) is 9.67 Å². The van der Waals surface area contributed by atoms with Crippen LogP contribution in [-0.4, -0.2) is 46.1 Å². The average Bonchev–Trinajstić information content (AvgIpc) is 3.29. The summed E-state index contributed by atoms with van der Waals surface area (Å²) in [7, 11) is 4.65. The van der Waals surface area contributed by atoms with Gasteiger partial charge in [0.15, 0.2) is 11.5 Å². The fourth-order valence-corrected chi connectivity index (χ4v) is 2.88. The van der Waals surface area contributed by atoms with E-state index in [0.29, 0.717) is 34.8 Å². The minimum absolute atomic E-state index is 0.107. The molecule has 4 N–H and O–H groups in total. The van der Waals surface area contributed by atoms with Gasteiger partial charge in [-0.15, -0.1) is 5.10 Å². The standard InChI is InChI=1S/C18H19N7O3/c1-26-13-8-10(9-14(27-2)15(13)28-3)20-17-23-16(19)24-25(17)18-21-11-6-4-5-7-12(11)22-18/h4-9H,1-3H3,(H,21,22)(H3,19,20,23,24). The Bertz CT molecular complexity index is 1080. The van der Waals surface area contributed by atoms with E-state index in [2.05, 4.69) is 25.4 Å². The van der Waals surface area contributed by atoms with Crippen molar-refractivity contribution in [3.8, 4) is 23.2 Å². The zero-order valence-corrected chi connectivity index (χ0v) is 15.6. The van der Waals surface area contributed by atoms with Gasteiger partial charge in [0, 0.05) is 17.8 Å². The number of fused-ring (bicyclic) bond motifs is 1. The first kappa shape index (κ1) is 17.5. The summed E-state index contributed by atoms with van der Waals surface area (Å²) in [6.07, 6.45) is 0. The number of nitrogens with zero attached hydrogens (tertiary/aromatic N) is 4. The van der Waals surface area contributed by atoms with Crippen LogP contribution >= 0.6 is 0 Å². The van der Waals surface area contributed by atoms with E-state index in [1.807, 2.05) is 24.3 Å². The zero-order valence-electron chi connectivity index (χ0n) is 15.6. The van der Waals surface area contributed by atoms with Gasteiger partial charge in [-0.3, -0.25) is 0 Å². The van der Waals surface area contributed by atoms with Gasteiger partial charge in [-0.1, -0.05) is 12.1 Å². The highest BCUT2D eigenvalue weighted by molar-refractivity contribution is 5.76. The van der Waals surface area contributed by atoms with Gasteiger partial charge >= 0.3 is 0 Å². The number of benzene rings is 2. The second-order valence-electron chi connectivity index (χ2n) is 5.82. The molecule has 0 radical (unpaired) electrons. The monoisotopic (exact) mass is 381 g/mol. The van der Waals surface area contributed by atoms with Crippen LogP contribution in [0.5, 0.6) is 17.2 Å². The number of H-pyrrole nitrogens is 1. The number of methoxy groups -OCH3 is 3. The van der Waals surface area contributed by atoms with E-state index in [1.165, 1.54) is 4.68 Å². The van der Waals surface area contributed by atoms with Crippen molar-refractivity contribution in [2.45, 2.75) is 0 Å². The predicted molar refractivity (Wildman–Crippen MR) is 105 cm³/mol. The molecule has 0 aliphatic heterocycles. The Labute approximate surface area is 160 Å². The summed E-state index contributed by atoms with van der Waals surface area (Å²) in [6, 6.07) is 11.2. The molecule has 2 heterocycles. The quantitative estimate of drug-likeness (QED) is 0.465. The van der Waals surface area contributed by atoms with Gasteiger partial charge in [-0.25, -0.2) is 4.98 Å². The van der Waals surface area contributed by atoms with Gasteiger partial charge in [0.2, 0.25) is 23.6 Å². The Hall–Kier alpha value is -3.95. The molecule has 0 unspecified atom stereocenters. The van der Waals surface area contributed by atoms with Crippen molar-refractivity contribution in [1.29, 1.82) is 0 Å². The molecule has 144 valence electrons. The molecule has 4 aromatic rings. The Morgan fingerprint density at radius 3 is 2.36 bits per heavy atom. The van der Waals surface area contributed by atoms with Crippen LogP contribution in [0.2, 0.25) is 0 Å². The van der Waals surface area contributed by atoms with E-state index in [4.69, 9.17) is 19.9 Å². The second-order valence-corrected chi connectivity index (χ2v) is 5.82. The van der Waals surface area contributed by atoms with Crippen molar-refractivity contribution < 1.29 is 14.2 Å². The Kier molecular flexibility index (Phi) is 4.36. The maximum Gasteiger partial charge on any atom is 0.241 e. The highest BCUT2D eigenvalue weighted by atomic mass is 16.5. The summed E-state index contributed by atoms with van der Waals surface area (Å²) >= 11 is 0. The molecular weight excluding hydrogens is 362 g/mol. The number of hydrogen-bond donors (Lipinski definition) is 3. The number of imidazole rings is 1. The summed E-state index contributed by atoms with van der Waals surface area (Å²) < 4.78 is 17.6. The molecule has 0 atom stereocenters. The number of nitrogens with two attached hydrogens (primary N) is 1. The molecule has 0 aliphatic rings. The molecule has 0 bridgehead atoms. The zero-order chi connectivity index (χ0) is 19.7. The first-order valence-electron chi connectivity index (χ1n) is 8.37. The lowest BCUT2D eigenvalue weighted by atomic mass is 10.2. The minimum atomic E-state index is 0.107. The number of anilines is 3. The summed E-state index contributed by atoms with van der Waals surface area (Å²) in [5.74, 6) is 2.48. The van der Waals surface area contributed by atoms with Crippen LogP contribution in [0.25, 0.3) is 17.0 Å². The summed E-state index contributed by atoms with van der Waals surface area (Å²) in [6.45, 7) is 0. The van der Waals surface area contributed by atoms with Crippen LogP contribution in [-0.2, 0) is 0 Å². The maximum absolute atomic E-state index is 5.83. The topological polar surface area (TPSA) is 125 Å². The van der Waals surface area contributed by atoms with Crippen molar-refractivity contribution in [2.75, 3.05) is 32.4 Å². The van der Waals surface area contributed by atoms with Gasteiger partial charge in [0.05, 0.1) is 32.4 Å². The van der Waals surface area contributed by atoms with Crippen LogP contribution in [0.3, 0.4) is 0 Å². The molecule has 28 heavy (non-hydrogen) atoms. The summed E-state index contributed by atoms with van der Waals surface area (Å²) in [5, 5.41) is 7.40. The van der Waals surface area contributed by atoms with Gasteiger partial charge in [0.1, 0.15) is 0 Å². The third-order valence-electron chi connectivity index (χ3n) is 4.12. The molecule has 0 spiro atoms. The van der Waals surface area contributed by atoms with Gasteiger partial charge in [0.25, 0.3) is 0 Å². The van der Waals surface area contributed by atoms with E-state index in [-0.39, 0.29) is 5.95 Å². The predicted octanol–water partition coefficient (Wildman–Crippen LogP) is 2.50. The lowest BCUT2D eigenvalue weighted by molar-refractivity contribution is 0.324. The van der Waals surface area contributed by atoms with Crippen molar-refractivity contribution in [3.63, 3.8) is 0 Å². The van der Waals surface area contributed by atoms with E-state index in [0.717, 1.165) is 11.0 Å². The Morgan fingerprint density at radius 1 is 1.00 bits per heavy atom. The van der Waals surface area contributed by atoms with Crippen molar-refractivity contribution >= 4 is 28.6 Å². The smallest absolute Gasteiger partial charge is 0.241 e. The number of nitrogen functional groups attached to an aromatic ring is 1. The fourth-order valence-electron chi connectivity index (χ4n) is 2.88.